The zero-order valence-corrected chi connectivity index (χ0v) is 23.2. The Morgan fingerprint density at radius 1 is 0.857 bits per heavy atom. The topological polar surface area (TPSA) is 67.3 Å². The first-order chi connectivity index (χ1) is 16.8. The van der Waals surface area contributed by atoms with E-state index < -0.39 is 0 Å². The van der Waals surface area contributed by atoms with Gasteiger partial charge in [0.15, 0.2) is 0 Å². The van der Waals surface area contributed by atoms with Gasteiger partial charge in [0.2, 0.25) is 11.8 Å². The summed E-state index contributed by atoms with van der Waals surface area (Å²) < 4.78 is 0.949. The first-order valence-corrected chi connectivity index (χ1v) is 14.8. The summed E-state index contributed by atoms with van der Waals surface area (Å²) in [6.45, 7) is 12.7. The van der Waals surface area contributed by atoms with Crippen LogP contribution < -0.4 is 0 Å². The lowest BCUT2D eigenvalue weighted by Gasteiger charge is -2.35. The first kappa shape index (κ1) is 26.2. The monoisotopic (exact) mass is 534 g/mol. The molecule has 2 fully saturated rings. The van der Waals surface area contributed by atoms with E-state index in [2.05, 4.69) is 28.9 Å². The van der Waals surface area contributed by atoms with Crippen molar-refractivity contribution in [3.8, 4) is 16.2 Å². The van der Waals surface area contributed by atoms with E-state index in [1.807, 2.05) is 9.80 Å². The number of carbonyl (C=O) groups excluding carboxylic acids is 2. The van der Waals surface area contributed by atoms with Gasteiger partial charge < -0.3 is 14.9 Å². The summed E-state index contributed by atoms with van der Waals surface area (Å²) in [5, 5.41) is 11.3. The molecule has 0 radical (unpaired) electrons. The average Bonchev–Trinajstić information content (AvgIpc) is 3.22. The molecular weight excluding hydrogens is 501 g/mol. The van der Waals surface area contributed by atoms with Crippen molar-refractivity contribution in [2.24, 2.45) is 0 Å². The minimum absolute atomic E-state index is 0.118. The third-order valence-corrected chi connectivity index (χ3v) is 10.2. The van der Waals surface area contributed by atoms with Crippen molar-refractivity contribution in [2.45, 2.75) is 40.3 Å². The second-order valence-electron chi connectivity index (χ2n) is 9.32. The lowest BCUT2D eigenvalue weighted by atomic mass is 9.99. The number of hydrogen-bond donors (Lipinski definition) is 1. The van der Waals surface area contributed by atoms with E-state index in [-0.39, 0.29) is 11.8 Å². The lowest BCUT2D eigenvalue weighted by molar-refractivity contribution is -0.131. The summed E-state index contributed by atoms with van der Waals surface area (Å²) >= 11 is 5.59. The van der Waals surface area contributed by atoms with Crippen molar-refractivity contribution < 1.29 is 14.7 Å². The van der Waals surface area contributed by atoms with Crippen molar-refractivity contribution in [3.63, 3.8) is 0 Å². The number of phenols is 1. The third kappa shape index (κ3) is 6.11. The molecule has 1 aromatic heterocycles. The Hall–Kier alpha value is -1.85. The molecule has 0 unspecified atom stereocenters. The molecule has 190 valence electrons. The molecule has 0 atom stereocenters. The molecule has 7 nitrogen and oxygen atoms in total. The highest BCUT2D eigenvalue weighted by atomic mass is 32.9. The van der Waals surface area contributed by atoms with Gasteiger partial charge >= 0.3 is 0 Å². The highest BCUT2D eigenvalue weighted by Crippen LogP contribution is 2.39. The van der Waals surface area contributed by atoms with Crippen LogP contribution in [-0.2, 0) is 29.1 Å². The molecular formula is C25H34N4O3S3. The van der Waals surface area contributed by atoms with Crippen LogP contribution >= 0.6 is 32.9 Å². The maximum atomic E-state index is 11.7. The second-order valence-corrected chi connectivity index (χ2v) is 12.1. The van der Waals surface area contributed by atoms with Crippen molar-refractivity contribution >= 4 is 44.7 Å². The van der Waals surface area contributed by atoms with Crippen molar-refractivity contribution in [2.75, 3.05) is 52.4 Å². The van der Waals surface area contributed by atoms with E-state index in [1.54, 1.807) is 34.5 Å². The van der Waals surface area contributed by atoms with Crippen LogP contribution in [0.25, 0.3) is 10.4 Å². The summed E-state index contributed by atoms with van der Waals surface area (Å²) in [6, 6.07) is 4.24. The Labute approximate surface area is 220 Å². The molecule has 1 aromatic carbocycles. The summed E-state index contributed by atoms with van der Waals surface area (Å²) in [6.07, 6.45) is 0.889. The summed E-state index contributed by atoms with van der Waals surface area (Å²) in [4.78, 5) is 33.0. The summed E-state index contributed by atoms with van der Waals surface area (Å²) in [5.41, 5.74) is 4.17. The number of piperazine rings is 2. The van der Waals surface area contributed by atoms with E-state index in [0.717, 1.165) is 79.3 Å². The van der Waals surface area contributed by atoms with Crippen LogP contribution in [0.4, 0.5) is 0 Å². The molecule has 3 heterocycles. The van der Waals surface area contributed by atoms with E-state index in [9.17, 15) is 14.7 Å². The van der Waals surface area contributed by atoms with Crippen molar-refractivity contribution in [1.82, 2.24) is 19.6 Å². The van der Waals surface area contributed by atoms with Crippen LogP contribution in [0.5, 0.6) is 5.75 Å². The molecule has 2 aliphatic rings. The molecule has 0 aliphatic carbocycles. The molecule has 1 N–H and O–H groups in total. The fourth-order valence-corrected chi connectivity index (χ4v) is 7.97. The Bertz CT molecular complexity index is 1070. The predicted molar refractivity (Wildman–Crippen MR) is 145 cm³/mol. The van der Waals surface area contributed by atoms with Gasteiger partial charge in [-0.2, -0.15) is 0 Å². The Morgan fingerprint density at radius 3 is 1.71 bits per heavy atom. The summed E-state index contributed by atoms with van der Waals surface area (Å²) in [7, 11) is 3.36. The SMILES string of the molecule is CCc1c(-c2cc(CN3CCN(C(C)=O)CC3)c(O)c(CN3CCN(C(C)=O)CC3)c2)ssc1=S. The van der Waals surface area contributed by atoms with Crippen LogP contribution in [0.15, 0.2) is 12.1 Å². The number of aromatic hydroxyl groups is 1. The zero-order valence-electron chi connectivity index (χ0n) is 20.7. The molecule has 35 heavy (non-hydrogen) atoms. The fourth-order valence-electron chi connectivity index (χ4n) is 4.86. The highest BCUT2D eigenvalue weighted by Gasteiger charge is 2.24. The van der Waals surface area contributed by atoms with Gasteiger partial charge in [-0.3, -0.25) is 19.4 Å². The maximum absolute atomic E-state index is 11.7. The Balaban J connectivity index is 1.60. The number of phenolic OH excluding ortho intramolecular Hbond substituents is 1. The van der Waals surface area contributed by atoms with Crippen LogP contribution in [-0.4, -0.2) is 88.9 Å². The quantitative estimate of drug-likeness (QED) is 0.449. The standard InChI is InChI=1S/C25H34N4O3S3/c1-4-22-24(34-35-25(22)33)19-13-20(15-26-5-9-28(10-6-26)17(2)30)23(32)21(14-19)16-27-7-11-29(12-8-27)18(3)31/h13-14,32H,4-12,15-16H2,1-3H3. The Morgan fingerprint density at radius 2 is 1.31 bits per heavy atom. The maximum Gasteiger partial charge on any atom is 0.219 e. The number of benzene rings is 1. The largest absolute Gasteiger partial charge is 0.507 e. The van der Waals surface area contributed by atoms with E-state index >= 15 is 0 Å². The average molecular weight is 535 g/mol. The molecule has 4 rings (SSSR count). The number of amides is 2. The van der Waals surface area contributed by atoms with Gasteiger partial charge in [-0.1, -0.05) is 39.8 Å². The lowest BCUT2D eigenvalue weighted by Crippen LogP contribution is -2.47. The molecule has 10 heteroatoms. The van der Waals surface area contributed by atoms with Gasteiger partial charge in [-0.05, 0) is 29.7 Å². The molecule has 2 amide bonds. The molecule has 0 spiro atoms. The number of hydrogen-bond acceptors (Lipinski definition) is 8. The smallest absolute Gasteiger partial charge is 0.219 e. The van der Waals surface area contributed by atoms with Crippen molar-refractivity contribution in [1.29, 1.82) is 0 Å². The highest BCUT2D eigenvalue weighted by molar-refractivity contribution is 7.80. The van der Waals surface area contributed by atoms with E-state index in [4.69, 9.17) is 12.2 Å². The minimum atomic E-state index is 0.118. The van der Waals surface area contributed by atoms with E-state index in [1.165, 1.54) is 10.4 Å². The minimum Gasteiger partial charge on any atom is -0.507 e. The number of nitrogens with zero attached hydrogens (tertiary/aromatic N) is 4. The van der Waals surface area contributed by atoms with Crippen LogP contribution in [0, 0.1) is 3.82 Å². The molecule has 2 saturated heterocycles. The van der Waals surface area contributed by atoms with Gasteiger partial charge in [-0.15, -0.1) is 0 Å². The molecule has 0 saturated carbocycles. The summed E-state index contributed by atoms with van der Waals surface area (Å²) in [5.74, 6) is 0.591. The first-order valence-electron chi connectivity index (χ1n) is 12.2. The third-order valence-electron chi connectivity index (χ3n) is 7.03. The second kappa shape index (κ2) is 11.5. The van der Waals surface area contributed by atoms with Crippen molar-refractivity contribution in [3.05, 3.63) is 32.6 Å². The van der Waals surface area contributed by atoms with Gasteiger partial charge in [0.1, 0.15) is 9.57 Å². The molecule has 2 aliphatic heterocycles. The van der Waals surface area contributed by atoms with E-state index in [0.29, 0.717) is 18.8 Å². The fraction of sp³-hybridized carbons (Fsp3) is 0.560. The molecule has 0 bridgehead atoms. The number of rotatable bonds is 6. The van der Waals surface area contributed by atoms with Crippen LogP contribution in [0.3, 0.4) is 0 Å². The van der Waals surface area contributed by atoms with Gasteiger partial charge in [0, 0.05) is 90.4 Å². The van der Waals surface area contributed by atoms with Gasteiger partial charge in [0.25, 0.3) is 0 Å². The Kier molecular flexibility index (Phi) is 8.59. The molecule has 2 aromatic rings. The van der Waals surface area contributed by atoms with Gasteiger partial charge in [0.05, 0.1) is 4.88 Å². The predicted octanol–water partition coefficient (Wildman–Crippen LogP) is 3.80. The zero-order chi connectivity index (χ0) is 25.1. The van der Waals surface area contributed by atoms with Crippen LogP contribution in [0.1, 0.15) is 37.5 Å². The van der Waals surface area contributed by atoms with Gasteiger partial charge in [-0.25, -0.2) is 0 Å². The number of carbonyl (C=O) groups is 2. The van der Waals surface area contributed by atoms with Crippen LogP contribution in [0.2, 0.25) is 0 Å². The normalized spacial score (nSPS) is 17.7.